The highest BCUT2D eigenvalue weighted by atomic mass is 16.2. The standard InChI is InChI=1S/C3H8O.C2H4O.CH4/c1-2-3-4;1-2-3;/h4H,2-3H2,1H3;2H,1H3;1H4. The molecule has 0 aromatic rings. The van der Waals surface area contributed by atoms with Gasteiger partial charge in [0.15, 0.2) is 0 Å². The molecular weight excluding hydrogens is 104 g/mol. The molecule has 8 heavy (non-hydrogen) atoms. The largest absolute Gasteiger partial charge is 0.396 e. The summed E-state index contributed by atoms with van der Waals surface area (Å²) < 4.78 is 0. The average Bonchev–Trinajstić information content (AvgIpc) is 1.69. The molecule has 52 valence electrons. The van der Waals surface area contributed by atoms with Crippen molar-refractivity contribution in [3.8, 4) is 0 Å². The van der Waals surface area contributed by atoms with Crippen molar-refractivity contribution in [2.24, 2.45) is 0 Å². The van der Waals surface area contributed by atoms with Gasteiger partial charge in [-0.1, -0.05) is 14.4 Å². The van der Waals surface area contributed by atoms with Crippen molar-refractivity contribution < 1.29 is 9.90 Å². The average molecular weight is 120 g/mol. The molecule has 0 heterocycles. The monoisotopic (exact) mass is 120 g/mol. The maximum Gasteiger partial charge on any atom is 0.116 e. The lowest BCUT2D eigenvalue weighted by molar-refractivity contribution is -0.106. The molecular formula is C6H16O2. The maximum atomic E-state index is 8.81. The topological polar surface area (TPSA) is 37.3 Å². The molecule has 0 fully saturated rings. The number of aldehydes is 1. The van der Waals surface area contributed by atoms with E-state index in [0.29, 0.717) is 6.61 Å². The van der Waals surface area contributed by atoms with E-state index >= 15 is 0 Å². The molecule has 1 N–H and O–H groups in total. The summed E-state index contributed by atoms with van der Waals surface area (Å²) in [5.74, 6) is 0. The van der Waals surface area contributed by atoms with Gasteiger partial charge in [-0.25, -0.2) is 0 Å². The lowest BCUT2D eigenvalue weighted by Crippen LogP contribution is -1.69. The minimum atomic E-state index is 0. The van der Waals surface area contributed by atoms with Crippen LogP contribution in [-0.4, -0.2) is 18.0 Å². The van der Waals surface area contributed by atoms with Crippen LogP contribution in [0.15, 0.2) is 0 Å². The fraction of sp³-hybridized carbons (Fsp3) is 0.833. The summed E-state index contributed by atoms with van der Waals surface area (Å²) in [6.45, 7) is 3.69. The van der Waals surface area contributed by atoms with Gasteiger partial charge in [0, 0.05) is 6.61 Å². The van der Waals surface area contributed by atoms with Gasteiger partial charge in [-0.05, 0) is 13.3 Å². The van der Waals surface area contributed by atoms with Crippen LogP contribution in [0.4, 0.5) is 0 Å². The Morgan fingerprint density at radius 2 is 1.75 bits per heavy atom. The molecule has 0 aromatic heterocycles. The smallest absolute Gasteiger partial charge is 0.116 e. The van der Waals surface area contributed by atoms with Crippen molar-refractivity contribution in [1.82, 2.24) is 0 Å². The number of carbonyl (C=O) groups excluding carboxylic acids is 1. The van der Waals surface area contributed by atoms with Crippen LogP contribution >= 0.6 is 0 Å². The summed E-state index contributed by atoms with van der Waals surface area (Å²) in [5, 5.41) is 7.88. The molecule has 0 aliphatic rings. The highest BCUT2D eigenvalue weighted by molar-refractivity contribution is 5.44. The summed E-state index contributed by atoms with van der Waals surface area (Å²) in [6, 6.07) is 0. The number of carbonyl (C=O) groups is 1. The van der Waals surface area contributed by atoms with Crippen molar-refractivity contribution >= 4 is 6.29 Å². The first kappa shape index (κ1) is 15.6. The van der Waals surface area contributed by atoms with Crippen molar-refractivity contribution in [3.63, 3.8) is 0 Å². The van der Waals surface area contributed by atoms with E-state index in [1.54, 1.807) is 0 Å². The molecule has 0 aliphatic carbocycles. The van der Waals surface area contributed by atoms with Crippen LogP contribution in [0, 0.1) is 0 Å². The Bertz CT molecular complexity index is 25.7. The molecule has 0 spiro atoms. The van der Waals surface area contributed by atoms with Gasteiger partial charge in [-0.2, -0.15) is 0 Å². The molecule has 2 heteroatoms. The number of aliphatic hydroxyl groups is 1. The Kier molecular flexibility index (Phi) is 59.4. The number of hydrogen-bond acceptors (Lipinski definition) is 2. The first-order chi connectivity index (χ1) is 3.33. The van der Waals surface area contributed by atoms with Crippen molar-refractivity contribution in [2.45, 2.75) is 27.7 Å². The molecule has 0 amide bonds. The molecule has 0 bridgehead atoms. The van der Waals surface area contributed by atoms with E-state index < -0.39 is 0 Å². The third kappa shape index (κ3) is 304. The van der Waals surface area contributed by atoms with Crippen LogP contribution in [0.25, 0.3) is 0 Å². The van der Waals surface area contributed by atoms with E-state index in [-0.39, 0.29) is 7.43 Å². The molecule has 0 saturated heterocycles. The van der Waals surface area contributed by atoms with Crippen LogP contribution in [0.2, 0.25) is 0 Å². The highest BCUT2D eigenvalue weighted by Crippen LogP contribution is 1.61. The van der Waals surface area contributed by atoms with Gasteiger partial charge < -0.3 is 9.90 Å². The van der Waals surface area contributed by atoms with Gasteiger partial charge in [0.1, 0.15) is 6.29 Å². The van der Waals surface area contributed by atoms with Crippen LogP contribution < -0.4 is 0 Å². The Morgan fingerprint density at radius 1 is 1.62 bits per heavy atom. The molecule has 2 nitrogen and oxygen atoms in total. The number of aliphatic hydroxyl groups excluding tert-OH is 1. The normalized spacial score (nSPS) is 5.38. The Hall–Kier alpha value is -0.370. The van der Waals surface area contributed by atoms with Crippen molar-refractivity contribution in [3.05, 3.63) is 0 Å². The van der Waals surface area contributed by atoms with Crippen molar-refractivity contribution in [2.75, 3.05) is 6.61 Å². The zero-order valence-corrected chi connectivity index (χ0v) is 4.85. The Labute approximate surface area is 51.5 Å². The molecule has 0 unspecified atom stereocenters. The van der Waals surface area contributed by atoms with Gasteiger partial charge in [0.2, 0.25) is 0 Å². The van der Waals surface area contributed by atoms with Gasteiger partial charge in [-0.3, -0.25) is 0 Å². The fourth-order valence-corrected chi connectivity index (χ4v) is 0. The van der Waals surface area contributed by atoms with Crippen molar-refractivity contribution in [1.29, 1.82) is 0 Å². The number of hydrogen-bond donors (Lipinski definition) is 1. The summed E-state index contributed by atoms with van der Waals surface area (Å²) in [5.41, 5.74) is 0. The fourth-order valence-electron chi connectivity index (χ4n) is 0. The predicted octanol–water partition coefficient (Wildman–Crippen LogP) is 1.23. The van der Waals surface area contributed by atoms with Crippen LogP contribution in [0.3, 0.4) is 0 Å². The van der Waals surface area contributed by atoms with Gasteiger partial charge >= 0.3 is 0 Å². The lowest BCUT2D eigenvalue weighted by Gasteiger charge is -1.69. The molecule has 0 rings (SSSR count). The zero-order valence-electron chi connectivity index (χ0n) is 4.85. The minimum Gasteiger partial charge on any atom is -0.396 e. The van der Waals surface area contributed by atoms with Gasteiger partial charge in [0.05, 0.1) is 0 Å². The highest BCUT2D eigenvalue weighted by Gasteiger charge is 1.57. The molecule has 0 aromatic carbocycles. The summed E-state index contributed by atoms with van der Waals surface area (Å²) in [6.07, 6.45) is 1.62. The van der Waals surface area contributed by atoms with E-state index in [4.69, 9.17) is 9.90 Å². The maximum absolute atomic E-state index is 8.81. The SMILES string of the molecule is C.CC=O.CCCO. The minimum absolute atomic E-state index is 0. The third-order valence-electron chi connectivity index (χ3n) is 0.224. The predicted molar refractivity (Wildman–Crippen MR) is 35.8 cm³/mol. The zero-order chi connectivity index (χ0) is 6.12. The quantitative estimate of drug-likeness (QED) is 0.528. The lowest BCUT2D eigenvalue weighted by atomic mass is 10.5. The van der Waals surface area contributed by atoms with E-state index in [2.05, 4.69) is 0 Å². The number of rotatable bonds is 1. The van der Waals surface area contributed by atoms with E-state index in [1.807, 2.05) is 6.92 Å². The second-order valence-corrected chi connectivity index (χ2v) is 0.959. The first-order valence-electron chi connectivity index (χ1n) is 2.34. The second-order valence-electron chi connectivity index (χ2n) is 0.959. The van der Waals surface area contributed by atoms with Gasteiger partial charge in [-0.15, -0.1) is 0 Å². The first-order valence-corrected chi connectivity index (χ1v) is 2.34. The molecule has 0 aliphatic heterocycles. The third-order valence-corrected chi connectivity index (χ3v) is 0.224. The summed E-state index contributed by atoms with van der Waals surface area (Å²) in [4.78, 5) is 8.81. The second kappa shape index (κ2) is 30.4. The molecule has 0 saturated carbocycles. The van der Waals surface area contributed by atoms with Crippen LogP contribution in [-0.2, 0) is 4.79 Å². The summed E-state index contributed by atoms with van der Waals surface area (Å²) >= 11 is 0. The molecule has 0 atom stereocenters. The van der Waals surface area contributed by atoms with E-state index in [1.165, 1.54) is 6.92 Å². The van der Waals surface area contributed by atoms with Crippen LogP contribution in [0.5, 0.6) is 0 Å². The van der Waals surface area contributed by atoms with E-state index in [0.717, 1.165) is 12.7 Å². The molecule has 0 radical (unpaired) electrons. The Morgan fingerprint density at radius 3 is 1.75 bits per heavy atom. The Balaban J connectivity index is -0.0000000575. The summed E-state index contributed by atoms with van der Waals surface area (Å²) in [7, 11) is 0. The van der Waals surface area contributed by atoms with Gasteiger partial charge in [0.25, 0.3) is 0 Å². The van der Waals surface area contributed by atoms with Crippen LogP contribution in [0.1, 0.15) is 27.7 Å². The van der Waals surface area contributed by atoms with E-state index in [9.17, 15) is 0 Å².